The third-order valence-electron chi connectivity index (χ3n) is 6.52. The number of rotatable bonds is 4. The summed E-state index contributed by atoms with van der Waals surface area (Å²) in [5, 5.41) is 14.6. The minimum Gasteiger partial charge on any atom is -0.378 e. The molecule has 0 radical (unpaired) electrons. The Morgan fingerprint density at radius 1 is 1.13 bits per heavy atom. The van der Waals surface area contributed by atoms with E-state index in [0.717, 1.165) is 28.9 Å². The minimum atomic E-state index is -4.79. The Morgan fingerprint density at radius 3 is 2.51 bits per heavy atom. The molecule has 4 aromatic rings. The van der Waals surface area contributed by atoms with E-state index in [1.807, 2.05) is 0 Å². The number of hydrogen-bond acceptors (Lipinski definition) is 6. The molecule has 1 aliphatic rings. The summed E-state index contributed by atoms with van der Waals surface area (Å²) in [6.07, 6.45) is -2.18. The first kappa shape index (κ1) is 26.2. The van der Waals surface area contributed by atoms with Crippen molar-refractivity contribution in [2.45, 2.75) is 25.2 Å². The summed E-state index contributed by atoms with van der Waals surface area (Å²) in [7, 11) is 0. The SMILES string of the molecule is C[C@H]1CN(C(=O)c2cn3nc(-c4ccc(F)cc4)cc(C(F)(F)F)c3n2)CCN1C(=O)C(O)c1cccnc1. The fraction of sp³-hybridized carbons (Fsp3) is 0.269. The maximum absolute atomic E-state index is 13.9. The van der Waals surface area contributed by atoms with Gasteiger partial charge in [0.15, 0.2) is 11.8 Å². The van der Waals surface area contributed by atoms with E-state index in [9.17, 15) is 32.3 Å². The van der Waals surface area contributed by atoms with Gasteiger partial charge >= 0.3 is 6.18 Å². The van der Waals surface area contributed by atoms with Gasteiger partial charge in [0.25, 0.3) is 11.8 Å². The Balaban J connectivity index is 1.38. The highest BCUT2D eigenvalue weighted by atomic mass is 19.4. The van der Waals surface area contributed by atoms with Crippen molar-refractivity contribution < 1.29 is 32.3 Å². The summed E-state index contributed by atoms with van der Waals surface area (Å²) < 4.78 is 55.9. The number of pyridine rings is 1. The number of nitrogens with zero attached hydrogens (tertiary/aromatic N) is 6. The number of imidazole rings is 1. The molecule has 1 unspecified atom stereocenters. The average molecular weight is 542 g/mol. The van der Waals surface area contributed by atoms with Crippen LogP contribution in [0.25, 0.3) is 16.9 Å². The molecular formula is C26H22F4N6O3. The lowest BCUT2D eigenvalue weighted by molar-refractivity contribution is -0.144. The lowest BCUT2D eigenvalue weighted by atomic mass is 10.1. The third kappa shape index (κ3) is 5.17. The van der Waals surface area contributed by atoms with E-state index in [0.29, 0.717) is 5.56 Å². The van der Waals surface area contributed by atoms with Crippen LogP contribution in [0.5, 0.6) is 0 Å². The van der Waals surface area contributed by atoms with Crippen molar-refractivity contribution in [3.63, 3.8) is 0 Å². The Bertz CT molecular complexity index is 1520. The van der Waals surface area contributed by atoms with E-state index in [2.05, 4.69) is 15.1 Å². The van der Waals surface area contributed by atoms with Gasteiger partial charge in [0, 0.05) is 49.2 Å². The van der Waals surface area contributed by atoms with Gasteiger partial charge in [0.2, 0.25) is 0 Å². The zero-order valence-electron chi connectivity index (χ0n) is 20.5. The molecule has 1 aromatic carbocycles. The number of alkyl halides is 3. The fourth-order valence-electron chi connectivity index (χ4n) is 4.52. The van der Waals surface area contributed by atoms with Crippen LogP contribution in [-0.4, -0.2) is 72.0 Å². The van der Waals surface area contributed by atoms with Gasteiger partial charge in [0.1, 0.15) is 17.1 Å². The van der Waals surface area contributed by atoms with Crippen LogP contribution in [0.15, 0.2) is 61.1 Å². The Kier molecular flexibility index (Phi) is 6.76. The zero-order valence-corrected chi connectivity index (χ0v) is 20.5. The highest BCUT2D eigenvalue weighted by molar-refractivity contribution is 5.93. The van der Waals surface area contributed by atoms with Crippen LogP contribution in [0, 0.1) is 5.82 Å². The molecule has 0 bridgehead atoms. The number of aliphatic hydroxyl groups excluding tert-OH is 1. The number of hydrogen-bond donors (Lipinski definition) is 1. The molecule has 13 heteroatoms. The van der Waals surface area contributed by atoms with Gasteiger partial charge in [-0.1, -0.05) is 6.07 Å². The van der Waals surface area contributed by atoms with Crippen molar-refractivity contribution in [1.82, 2.24) is 29.4 Å². The van der Waals surface area contributed by atoms with Crippen LogP contribution >= 0.6 is 0 Å². The van der Waals surface area contributed by atoms with Crippen LogP contribution in [0.4, 0.5) is 17.6 Å². The first-order valence-corrected chi connectivity index (χ1v) is 11.9. The number of amides is 2. The molecule has 2 atom stereocenters. The van der Waals surface area contributed by atoms with Gasteiger partial charge in [-0.15, -0.1) is 0 Å². The normalized spacial score (nSPS) is 16.9. The van der Waals surface area contributed by atoms with Gasteiger partial charge in [-0.3, -0.25) is 14.6 Å². The molecule has 0 saturated carbocycles. The largest absolute Gasteiger partial charge is 0.420 e. The van der Waals surface area contributed by atoms with Gasteiger partial charge in [-0.25, -0.2) is 13.9 Å². The highest BCUT2D eigenvalue weighted by Gasteiger charge is 2.37. The van der Waals surface area contributed by atoms with Crippen LogP contribution in [0.3, 0.4) is 0 Å². The molecule has 9 nitrogen and oxygen atoms in total. The lowest BCUT2D eigenvalue weighted by Crippen LogP contribution is -2.56. The van der Waals surface area contributed by atoms with Crippen molar-refractivity contribution in [3.05, 3.63) is 83.7 Å². The van der Waals surface area contributed by atoms with E-state index in [1.54, 1.807) is 19.1 Å². The number of aromatic nitrogens is 4. The second-order valence-corrected chi connectivity index (χ2v) is 9.16. The molecule has 3 aromatic heterocycles. The van der Waals surface area contributed by atoms with E-state index in [4.69, 9.17) is 0 Å². The summed E-state index contributed by atoms with van der Waals surface area (Å²) in [4.78, 5) is 36.8. The summed E-state index contributed by atoms with van der Waals surface area (Å²) in [6, 6.07) is 8.34. The molecule has 4 heterocycles. The quantitative estimate of drug-likeness (QED) is 0.397. The molecule has 5 rings (SSSR count). The van der Waals surface area contributed by atoms with Crippen molar-refractivity contribution in [2.24, 2.45) is 0 Å². The molecule has 1 fully saturated rings. The Morgan fingerprint density at radius 2 is 1.87 bits per heavy atom. The molecule has 0 spiro atoms. The van der Waals surface area contributed by atoms with Gasteiger partial charge < -0.3 is 14.9 Å². The standard InChI is InChI=1S/C26H22F4N6O3/c1-15-13-34(9-10-35(15)25(39)22(37)17-3-2-8-31-12-17)24(38)21-14-36-23(32-21)19(26(28,29)30)11-20(33-36)16-4-6-18(27)7-5-16/h2-8,11-12,14-15,22,37H,9-10,13H2,1H3/t15-,22?/m0/s1. The zero-order chi connectivity index (χ0) is 27.9. The van der Waals surface area contributed by atoms with Crippen molar-refractivity contribution in [3.8, 4) is 11.3 Å². The number of benzene rings is 1. The van der Waals surface area contributed by atoms with Crippen molar-refractivity contribution in [2.75, 3.05) is 19.6 Å². The van der Waals surface area contributed by atoms with E-state index in [1.165, 1.54) is 34.3 Å². The second kappa shape index (κ2) is 10.1. The van der Waals surface area contributed by atoms with E-state index < -0.39 is 47.2 Å². The second-order valence-electron chi connectivity index (χ2n) is 9.16. The smallest absolute Gasteiger partial charge is 0.378 e. The van der Waals surface area contributed by atoms with Crippen LogP contribution in [-0.2, 0) is 11.0 Å². The Labute approximate surface area is 219 Å². The fourth-order valence-corrected chi connectivity index (χ4v) is 4.52. The third-order valence-corrected chi connectivity index (χ3v) is 6.52. The van der Waals surface area contributed by atoms with E-state index >= 15 is 0 Å². The number of aliphatic hydroxyl groups is 1. The number of carbonyl (C=O) groups excluding carboxylic acids is 2. The number of fused-ring (bicyclic) bond motifs is 1. The van der Waals surface area contributed by atoms with E-state index in [-0.39, 0.29) is 36.6 Å². The average Bonchev–Trinajstić information content (AvgIpc) is 3.35. The first-order valence-electron chi connectivity index (χ1n) is 11.9. The topological polar surface area (TPSA) is 104 Å². The van der Waals surface area contributed by atoms with Gasteiger partial charge in [0.05, 0.1) is 11.9 Å². The van der Waals surface area contributed by atoms with Crippen LogP contribution < -0.4 is 0 Å². The van der Waals surface area contributed by atoms with Crippen molar-refractivity contribution >= 4 is 17.5 Å². The highest BCUT2D eigenvalue weighted by Crippen LogP contribution is 2.34. The number of piperazine rings is 1. The molecular weight excluding hydrogens is 520 g/mol. The van der Waals surface area contributed by atoms with Crippen LogP contribution in [0.2, 0.25) is 0 Å². The molecule has 39 heavy (non-hydrogen) atoms. The maximum atomic E-state index is 13.9. The van der Waals surface area contributed by atoms with Crippen molar-refractivity contribution in [1.29, 1.82) is 0 Å². The molecule has 2 amide bonds. The molecule has 1 saturated heterocycles. The summed E-state index contributed by atoms with van der Waals surface area (Å²) >= 11 is 0. The van der Waals surface area contributed by atoms with Crippen LogP contribution in [0.1, 0.15) is 34.6 Å². The summed E-state index contributed by atoms with van der Waals surface area (Å²) in [6.45, 7) is 1.98. The molecule has 0 aliphatic carbocycles. The maximum Gasteiger partial charge on any atom is 0.420 e. The Hall–Kier alpha value is -4.39. The first-order chi connectivity index (χ1) is 18.5. The number of halogens is 4. The minimum absolute atomic E-state index is 0.0702. The molecule has 1 aliphatic heterocycles. The monoisotopic (exact) mass is 542 g/mol. The molecule has 1 N–H and O–H groups in total. The predicted molar refractivity (Wildman–Crippen MR) is 130 cm³/mol. The lowest BCUT2D eigenvalue weighted by Gasteiger charge is -2.40. The predicted octanol–water partition coefficient (Wildman–Crippen LogP) is 3.36. The number of carbonyl (C=O) groups is 2. The summed E-state index contributed by atoms with van der Waals surface area (Å²) in [5.41, 5.74) is -1.35. The molecule has 202 valence electrons. The van der Waals surface area contributed by atoms with Gasteiger partial charge in [-0.2, -0.15) is 18.3 Å². The summed E-state index contributed by atoms with van der Waals surface area (Å²) in [5.74, 6) is -1.71. The van der Waals surface area contributed by atoms with Gasteiger partial charge in [-0.05, 0) is 43.3 Å².